The van der Waals surface area contributed by atoms with Crippen molar-refractivity contribution in [2.45, 2.75) is 49.5 Å². The molecule has 1 heterocycles. The van der Waals surface area contributed by atoms with E-state index in [0.717, 1.165) is 26.7 Å². The first kappa shape index (κ1) is 23.3. The number of hydrogen-bond acceptors (Lipinski definition) is 5. The Morgan fingerprint density at radius 3 is 2.06 bits per heavy atom. The fourth-order valence-corrected chi connectivity index (χ4v) is 4.00. The second kappa shape index (κ2) is 10.3. The molecule has 0 atom stereocenters. The molecule has 0 saturated carbocycles. The first-order valence-electron chi connectivity index (χ1n) is 10.3. The molecule has 32 heavy (non-hydrogen) atoms. The Bertz CT molecular complexity index is 1070. The predicted molar refractivity (Wildman–Crippen MR) is 129 cm³/mol. The Balaban J connectivity index is 1.67. The van der Waals surface area contributed by atoms with E-state index in [4.69, 9.17) is 0 Å². The standard InChI is InChI=1S/C24H26N4O3S/c1-15(2)20-6-5-7-21(16(3)4)23(20)27-24(29)26-17-8-13-22(25-14-17)32-19-11-9-18(10-12-19)28(30)31/h5-16H,1-4H3,(H2,26,27,29). The molecular formula is C24H26N4O3S. The van der Waals surface area contributed by atoms with E-state index in [1.54, 1.807) is 30.5 Å². The molecule has 0 radical (unpaired) electrons. The van der Waals surface area contributed by atoms with Crippen LogP contribution >= 0.6 is 11.8 Å². The minimum atomic E-state index is -0.429. The van der Waals surface area contributed by atoms with Gasteiger partial charge >= 0.3 is 6.03 Å². The first-order chi connectivity index (χ1) is 15.2. The number of aromatic nitrogens is 1. The quantitative estimate of drug-likeness (QED) is 0.297. The van der Waals surface area contributed by atoms with Gasteiger partial charge in [0.05, 0.1) is 16.8 Å². The van der Waals surface area contributed by atoms with Gasteiger partial charge in [0.25, 0.3) is 5.69 Å². The Morgan fingerprint density at radius 2 is 1.56 bits per heavy atom. The van der Waals surface area contributed by atoms with E-state index in [1.165, 1.54) is 23.9 Å². The van der Waals surface area contributed by atoms with Crippen LogP contribution in [0.15, 0.2) is 70.7 Å². The summed E-state index contributed by atoms with van der Waals surface area (Å²) >= 11 is 1.39. The van der Waals surface area contributed by atoms with Gasteiger partial charge in [-0.25, -0.2) is 9.78 Å². The molecule has 0 unspecified atom stereocenters. The van der Waals surface area contributed by atoms with Gasteiger partial charge in [-0.15, -0.1) is 0 Å². The van der Waals surface area contributed by atoms with Crippen molar-refractivity contribution in [1.82, 2.24) is 4.98 Å². The highest BCUT2D eigenvalue weighted by atomic mass is 32.2. The lowest BCUT2D eigenvalue weighted by Crippen LogP contribution is -2.21. The Morgan fingerprint density at radius 1 is 0.938 bits per heavy atom. The summed E-state index contributed by atoms with van der Waals surface area (Å²) in [5.41, 5.74) is 3.67. The molecule has 3 aromatic rings. The number of carbonyl (C=O) groups is 1. The Kier molecular flexibility index (Phi) is 7.48. The third-order valence-corrected chi connectivity index (χ3v) is 5.83. The van der Waals surface area contributed by atoms with E-state index in [-0.39, 0.29) is 23.6 Å². The molecule has 0 aliphatic carbocycles. The number of nitrogens with zero attached hydrogens (tertiary/aromatic N) is 2. The number of urea groups is 1. The van der Waals surface area contributed by atoms with Gasteiger partial charge in [0.2, 0.25) is 0 Å². The van der Waals surface area contributed by atoms with Crippen molar-refractivity contribution in [2.75, 3.05) is 10.6 Å². The van der Waals surface area contributed by atoms with Crippen molar-refractivity contribution in [3.8, 4) is 0 Å². The number of nitrogens with one attached hydrogen (secondary N) is 2. The Labute approximate surface area is 191 Å². The number of nitro groups is 1. The third-order valence-electron chi connectivity index (χ3n) is 4.88. The highest BCUT2D eigenvalue weighted by Gasteiger charge is 2.16. The second-order valence-electron chi connectivity index (χ2n) is 7.94. The van der Waals surface area contributed by atoms with Crippen molar-refractivity contribution < 1.29 is 9.72 Å². The number of para-hydroxylation sites is 1. The van der Waals surface area contributed by atoms with E-state index in [1.807, 2.05) is 18.2 Å². The summed E-state index contributed by atoms with van der Waals surface area (Å²) in [6.07, 6.45) is 1.59. The van der Waals surface area contributed by atoms with Crippen LogP contribution in [-0.4, -0.2) is 15.9 Å². The van der Waals surface area contributed by atoms with Crippen molar-refractivity contribution in [1.29, 1.82) is 0 Å². The van der Waals surface area contributed by atoms with Gasteiger partial charge in [0.1, 0.15) is 5.03 Å². The van der Waals surface area contributed by atoms with Crippen molar-refractivity contribution in [3.05, 3.63) is 82.0 Å². The lowest BCUT2D eigenvalue weighted by atomic mass is 9.93. The zero-order valence-electron chi connectivity index (χ0n) is 18.5. The number of rotatable bonds is 7. The van der Waals surface area contributed by atoms with E-state index < -0.39 is 4.92 Å². The number of anilines is 2. The molecule has 7 nitrogen and oxygen atoms in total. The van der Waals surface area contributed by atoms with Crippen molar-refractivity contribution >= 4 is 34.9 Å². The maximum atomic E-state index is 12.7. The molecule has 166 valence electrons. The average Bonchev–Trinajstić information content (AvgIpc) is 2.75. The van der Waals surface area contributed by atoms with E-state index >= 15 is 0 Å². The molecule has 1 aromatic heterocycles. The van der Waals surface area contributed by atoms with Crippen LogP contribution in [0.5, 0.6) is 0 Å². The number of pyridine rings is 1. The summed E-state index contributed by atoms with van der Waals surface area (Å²) in [7, 11) is 0. The molecule has 0 aliphatic rings. The van der Waals surface area contributed by atoms with Gasteiger partial charge in [-0.2, -0.15) is 0 Å². The van der Waals surface area contributed by atoms with E-state index in [0.29, 0.717) is 5.69 Å². The zero-order valence-corrected chi connectivity index (χ0v) is 19.3. The molecule has 3 rings (SSSR count). The van der Waals surface area contributed by atoms with Crippen molar-refractivity contribution in [3.63, 3.8) is 0 Å². The lowest BCUT2D eigenvalue weighted by Gasteiger charge is -2.20. The molecule has 0 saturated heterocycles. The maximum Gasteiger partial charge on any atom is 0.323 e. The maximum absolute atomic E-state index is 12.7. The summed E-state index contributed by atoms with van der Waals surface area (Å²) in [5, 5.41) is 17.3. The third kappa shape index (κ3) is 5.85. The Hall–Kier alpha value is -3.39. The fourth-order valence-electron chi connectivity index (χ4n) is 3.24. The van der Waals surface area contributed by atoms with E-state index in [9.17, 15) is 14.9 Å². The molecule has 0 fully saturated rings. The largest absolute Gasteiger partial charge is 0.323 e. The SMILES string of the molecule is CC(C)c1cccc(C(C)C)c1NC(=O)Nc1ccc(Sc2ccc([N+](=O)[O-])cc2)nc1. The van der Waals surface area contributed by atoms with Crippen LogP contribution in [-0.2, 0) is 0 Å². The molecular weight excluding hydrogens is 424 g/mol. The fraction of sp³-hybridized carbons (Fsp3) is 0.250. The number of amides is 2. The summed E-state index contributed by atoms with van der Waals surface area (Å²) in [6, 6.07) is 15.6. The van der Waals surface area contributed by atoms with Crippen LogP contribution in [0.3, 0.4) is 0 Å². The molecule has 0 bridgehead atoms. The van der Waals surface area contributed by atoms with Crippen LogP contribution in [0.2, 0.25) is 0 Å². The van der Waals surface area contributed by atoms with Gasteiger partial charge < -0.3 is 10.6 Å². The summed E-state index contributed by atoms with van der Waals surface area (Å²) < 4.78 is 0. The molecule has 8 heteroatoms. The van der Waals surface area contributed by atoms with Gasteiger partial charge in [0, 0.05) is 22.7 Å². The minimum absolute atomic E-state index is 0.0486. The molecule has 2 aromatic carbocycles. The number of benzene rings is 2. The molecule has 2 amide bonds. The van der Waals surface area contributed by atoms with Crippen LogP contribution < -0.4 is 10.6 Å². The van der Waals surface area contributed by atoms with Gasteiger partial charge in [-0.05, 0) is 47.2 Å². The first-order valence-corrected chi connectivity index (χ1v) is 11.2. The number of carbonyl (C=O) groups excluding carboxylic acids is 1. The van der Waals surface area contributed by atoms with Crippen LogP contribution in [0.25, 0.3) is 0 Å². The van der Waals surface area contributed by atoms with Crippen LogP contribution in [0, 0.1) is 10.1 Å². The number of non-ortho nitro benzene ring substituents is 1. The van der Waals surface area contributed by atoms with Gasteiger partial charge in [0.15, 0.2) is 0 Å². The monoisotopic (exact) mass is 450 g/mol. The number of nitro benzene ring substituents is 1. The van der Waals surface area contributed by atoms with E-state index in [2.05, 4.69) is 43.3 Å². The normalized spacial score (nSPS) is 10.9. The lowest BCUT2D eigenvalue weighted by molar-refractivity contribution is -0.384. The average molecular weight is 451 g/mol. The molecule has 0 aliphatic heterocycles. The smallest absolute Gasteiger partial charge is 0.307 e. The minimum Gasteiger partial charge on any atom is -0.307 e. The zero-order chi connectivity index (χ0) is 23.3. The highest BCUT2D eigenvalue weighted by molar-refractivity contribution is 7.99. The summed E-state index contributed by atoms with van der Waals surface area (Å²) in [5.74, 6) is 0.558. The van der Waals surface area contributed by atoms with Crippen molar-refractivity contribution in [2.24, 2.45) is 0 Å². The number of hydrogen-bond donors (Lipinski definition) is 2. The molecule has 2 N–H and O–H groups in total. The molecule has 0 spiro atoms. The highest BCUT2D eigenvalue weighted by Crippen LogP contribution is 2.32. The van der Waals surface area contributed by atoms with Gasteiger partial charge in [-0.3, -0.25) is 10.1 Å². The van der Waals surface area contributed by atoms with Crippen LogP contribution in [0.4, 0.5) is 21.9 Å². The van der Waals surface area contributed by atoms with Gasteiger partial charge in [-0.1, -0.05) is 57.7 Å². The summed E-state index contributed by atoms with van der Waals surface area (Å²) in [4.78, 5) is 28.2. The predicted octanol–water partition coefficient (Wildman–Crippen LogP) is 7.03. The van der Waals surface area contributed by atoms with Crippen LogP contribution in [0.1, 0.15) is 50.7 Å². The second-order valence-corrected chi connectivity index (χ2v) is 9.03. The summed E-state index contributed by atoms with van der Waals surface area (Å²) in [6.45, 7) is 8.42. The topological polar surface area (TPSA) is 97.2 Å².